The molecule has 0 aromatic heterocycles. The van der Waals surface area contributed by atoms with Gasteiger partial charge in [-0.25, -0.2) is 0 Å². The maximum atomic E-state index is 11.9. The Hall–Kier alpha value is -1.10. The van der Waals surface area contributed by atoms with E-state index in [0.29, 0.717) is 0 Å². The fraction of sp³-hybridized carbons (Fsp3) is 0.833. The first kappa shape index (κ1) is 15.9. The second-order valence-electron chi connectivity index (χ2n) is 4.40. The molecule has 0 saturated heterocycles. The number of hydrogen-bond donors (Lipinski definition) is 1. The van der Waals surface area contributed by atoms with Crippen LogP contribution < -0.4 is 0 Å². The van der Waals surface area contributed by atoms with Crippen molar-refractivity contribution < 1.29 is 24.2 Å². The number of hydrogen-bond acceptors (Lipinski definition) is 4. The van der Waals surface area contributed by atoms with Gasteiger partial charge in [-0.15, -0.1) is 0 Å². The van der Waals surface area contributed by atoms with E-state index in [1.807, 2.05) is 0 Å². The number of rotatable bonds is 7. The Morgan fingerprint density at radius 1 is 1.29 bits per heavy atom. The number of carbonyl (C=O) groups excluding carboxylic acids is 1. The van der Waals surface area contributed by atoms with Gasteiger partial charge in [0, 0.05) is 13.5 Å². The highest BCUT2D eigenvalue weighted by Crippen LogP contribution is 2.35. The molecule has 5 heteroatoms. The van der Waals surface area contributed by atoms with Crippen LogP contribution in [0.25, 0.3) is 0 Å². The highest BCUT2D eigenvalue weighted by atomic mass is 16.5. The first-order valence-corrected chi connectivity index (χ1v) is 5.76. The molecule has 0 aliphatic carbocycles. The van der Waals surface area contributed by atoms with Crippen molar-refractivity contribution in [3.05, 3.63) is 0 Å². The molecule has 2 atom stereocenters. The zero-order chi connectivity index (χ0) is 13.6. The van der Waals surface area contributed by atoms with Crippen molar-refractivity contribution in [2.24, 2.45) is 11.3 Å². The van der Waals surface area contributed by atoms with Crippen LogP contribution in [0.3, 0.4) is 0 Å². The number of carboxylic acid groups (broad SMARTS) is 1. The van der Waals surface area contributed by atoms with E-state index < -0.39 is 17.4 Å². The normalized spacial score (nSPS) is 16.4. The number of aliphatic carboxylic acids is 1. The van der Waals surface area contributed by atoms with Gasteiger partial charge in [-0.2, -0.15) is 0 Å². The zero-order valence-electron chi connectivity index (χ0n) is 11.1. The average molecular weight is 246 g/mol. The van der Waals surface area contributed by atoms with Crippen molar-refractivity contribution in [1.82, 2.24) is 0 Å². The van der Waals surface area contributed by atoms with Gasteiger partial charge in [-0.3, -0.25) is 9.59 Å². The lowest BCUT2D eigenvalue weighted by Gasteiger charge is -2.32. The third-order valence-electron chi connectivity index (χ3n) is 3.02. The molecular weight excluding hydrogens is 224 g/mol. The van der Waals surface area contributed by atoms with Gasteiger partial charge >= 0.3 is 11.9 Å². The summed E-state index contributed by atoms with van der Waals surface area (Å²) in [5, 5.41) is 9.38. The minimum Gasteiger partial charge on any atom is -0.480 e. The monoisotopic (exact) mass is 246 g/mol. The Balaban J connectivity index is 5.28. The molecule has 0 bridgehead atoms. The van der Waals surface area contributed by atoms with E-state index in [1.165, 1.54) is 7.11 Å². The third kappa shape index (κ3) is 3.43. The molecule has 0 amide bonds. The van der Waals surface area contributed by atoms with Crippen LogP contribution in [0.4, 0.5) is 0 Å². The predicted octanol–water partition coefficient (Wildman–Crippen LogP) is 1.70. The first-order chi connectivity index (χ1) is 7.82. The molecule has 0 aromatic rings. The summed E-state index contributed by atoms with van der Waals surface area (Å²) in [5.41, 5.74) is -1.54. The average Bonchev–Trinajstić information content (AvgIpc) is 2.24. The minimum absolute atomic E-state index is 0.106. The zero-order valence-corrected chi connectivity index (χ0v) is 11.1. The highest BCUT2D eigenvalue weighted by Gasteiger charge is 2.51. The lowest BCUT2D eigenvalue weighted by Crippen LogP contribution is -2.47. The standard InChI is InChI=1S/C12H22O5/c1-6-17-11(15)12(8(2)3,10(13)14)7-9(4)16-5/h8-9H,6-7H2,1-5H3,(H,13,14). The van der Waals surface area contributed by atoms with Crippen molar-refractivity contribution in [1.29, 1.82) is 0 Å². The molecule has 100 valence electrons. The van der Waals surface area contributed by atoms with Crippen LogP contribution in [-0.2, 0) is 19.1 Å². The van der Waals surface area contributed by atoms with Crippen LogP contribution in [0.2, 0.25) is 0 Å². The summed E-state index contributed by atoms with van der Waals surface area (Å²) in [7, 11) is 1.49. The number of carbonyl (C=O) groups is 2. The Labute approximate surface area is 102 Å². The van der Waals surface area contributed by atoms with Gasteiger partial charge in [-0.1, -0.05) is 13.8 Å². The van der Waals surface area contributed by atoms with E-state index in [9.17, 15) is 14.7 Å². The van der Waals surface area contributed by atoms with Gasteiger partial charge < -0.3 is 14.6 Å². The van der Waals surface area contributed by atoms with Gasteiger partial charge in [0.15, 0.2) is 5.41 Å². The van der Waals surface area contributed by atoms with Crippen LogP contribution in [0.1, 0.15) is 34.1 Å². The smallest absolute Gasteiger partial charge is 0.323 e. The van der Waals surface area contributed by atoms with E-state index in [-0.39, 0.29) is 25.0 Å². The quantitative estimate of drug-likeness (QED) is 0.546. The summed E-state index contributed by atoms with van der Waals surface area (Å²) in [5.74, 6) is -2.21. The molecule has 0 aliphatic heterocycles. The van der Waals surface area contributed by atoms with E-state index in [4.69, 9.17) is 9.47 Å². The second-order valence-corrected chi connectivity index (χ2v) is 4.40. The molecule has 0 fully saturated rings. The van der Waals surface area contributed by atoms with E-state index >= 15 is 0 Å². The van der Waals surface area contributed by atoms with Crippen molar-refractivity contribution in [3.8, 4) is 0 Å². The summed E-state index contributed by atoms with van der Waals surface area (Å²) in [6.45, 7) is 6.96. The Morgan fingerprint density at radius 3 is 2.12 bits per heavy atom. The Bertz CT molecular complexity index is 274. The van der Waals surface area contributed by atoms with Crippen LogP contribution >= 0.6 is 0 Å². The fourth-order valence-corrected chi connectivity index (χ4v) is 1.77. The molecule has 0 saturated carbocycles. The van der Waals surface area contributed by atoms with Crippen LogP contribution in [0, 0.1) is 11.3 Å². The van der Waals surface area contributed by atoms with Crippen LogP contribution in [0.15, 0.2) is 0 Å². The number of carboxylic acids is 1. The number of methoxy groups -OCH3 is 1. The summed E-state index contributed by atoms with van der Waals surface area (Å²) < 4.78 is 9.96. The molecule has 0 aliphatic rings. The Morgan fingerprint density at radius 2 is 1.82 bits per heavy atom. The fourth-order valence-electron chi connectivity index (χ4n) is 1.77. The summed E-state index contributed by atoms with van der Waals surface area (Å²) in [6, 6.07) is 0. The molecule has 0 radical (unpaired) electrons. The van der Waals surface area contributed by atoms with E-state index in [0.717, 1.165) is 0 Å². The van der Waals surface area contributed by atoms with Gasteiger partial charge in [0.2, 0.25) is 0 Å². The summed E-state index contributed by atoms with van der Waals surface area (Å²) >= 11 is 0. The SMILES string of the molecule is CCOC(=O)C(CC(C)OC)(C(=O)O)C(C)C. The Kier molecular flexibility index (Phi) is 6.16. The van der Waals surface area contributed by atoms with Gasteiger partial charge in [-0.05, 0) is 19.8 Å². The maximum absolute atomic E-state index is 11.9. The van der Waals surface area contributed by atoms with Crippen molar-refractivity contribution >= 4 is 11.9 Å². The topological polar surface area (TPSA) is 72.8 Å². The first-order valence-electron chi connectivity index (χ1n) is 5.76. The van der Waals surface area contributed by atoms with Gasteiger partial charge in [0.25, 0.3) is 0 Å². The lowest BCUT2D eigenvalue weighted by molar-refractivity contribution is -0.175. The molecule has 1 N–H and O–H groups in total. The molecular formula is C12H22O5. The molecule has 5 nitrogen and oxygen atoms in total. The molecule has 0 spiro atoms. The maximum Gasteiger partial charge on any atom is 0.323 e. The van der Waals surface area contributed by atoms with Crippen molar-refractivity contribution in [2.45, 2.75) is 40.2 Å². The lowest BCUT2D eigenvalue weighted by atomic mass is 9.73. The van der Waals surface area contributed by atoms with Gasteiger partial charge in [0.1, 0.15) is 0 Å². The molecule has 0 heterocycles. The van der Waals surface area contributed by atoms with E-state index in [1.54, 1.807) is 27.7 Å². The van der Waals surface area contributed by atoms with E-state index in [2.05, 4.69) is 0 Å². The number of esters is 1. The minimum atomic E-state index is -1.54. The third-order valence-corrected chi connectivity index (χ3v) is 3.02. The molecule has 0 aromatic carbocycles. The number of ether oxygens (including phenoxy) is 2. The van der Waals surface area contributed by atoms with Crippen LogP contribution in [-0.4, -0.2) is 36.9 Å². The predicted molar refractivity (Wildman–Crippen MR) is 62.6 cm³/mol. The molecule has 2 unspecified atom stereocenters. The largest absolute Gasteiger partial charge is 0.480 e. The van der Waals surface area contributed by atoms with Crippen molar-refractivity contribution in [2.75, 3.05) is 13.7 Å². The summed E-state index contributed by atoms with van der Waals surface area (Å²) in [4.78, 5) is 23.4. The van der Waals surface area contributed by atoms with Crippen molar-refractivity contribution in [3.63, 3.8) is 0 Å². The van der Waals surface area contributed by atoms with Crippen LogP contribution in [0.5, 0.6) is 0 Å². The second kappa shape index (κ2) is 6.59. The molecule has 17 heavy (non-hydrogen) atoms. The molecule has 0 rings (SSSR count). The summed E-state index contributed by atoms with van der Waals surface area (Å²) in [6.07, 6.45) is -0.215. The highest BCUT2D eigenvalue weighted by molar-refractivity contribution is 5.99. The van der Waals surface area contributed by atoms with Gasteiger partial charge in [0.05, 0.1) is 12.7 Å².